The van der Waals surface area contributed by atoms with E-state index in [0.29, 0.717) is 22.3 Å². The van der Waals surface area contributed by atoms with Crippen molar-refractivity contribution in [2.75, 3.05) is 5.32 Å². The number of benzene rings is 2. The van der Waals surface area contributed by atoms with Crippen molar-refractivity contribution >= 4 is 48.5 Å². The summed E-state index contributed by atoms with van der Waals surface area (Å²) in [4.78, 5) is 24.3. The number of rotatable bonds is 4. The van der Waals surface area contributed by atoms with Gasteiger partial charge in [-0.3, -0.25) is 4.79 Å². The number of amides is 1. The van der Waals surface area contributed by atoms with E-state index in [9.17, 15) is 4.79 Å². The third-order valence-electron chi connectivity index (χ3n) is 3.92. The summed E-state index contributed by atoms with van der Waals surface area (Å²) in [7, 11) is 0. The van der Waals surface area contributed by atoms with Crippen molar-refractivity contribution < 1.29 is 9.53 Å². The van der Waals surface area contributed by atoms with Gasteiger partial charge in [0.2, 0.25) is 11.8 Å². The molecule has 0 aliphatic rings. The summed E-state index contributed by atoms with van der Waals surface area (Å²) in [6, 6.07) is 13.5. The van der Waals surface area contributed by atoms with E-state index >= 15 is 0 Å². The Bertz CT molecular complexity index is 1190. The van der Waals surface area contributed by atoms with Gasteiger partial charge in [-0.15, -0.1) is 0 Å². The minimum Gasteiger partial charge on any atom is -0.437 e. The largest absolute Gasteiger partial charge is 0.437 e. The van der Waals surface area contributed by atoms with Gasteiger partial charge < -0.3 is 10.1 Å². The number of anilines is 1. The van der Waals surface area contributed by atoms with Crippen LogP contribution in [0.1, 0.15) is 12.5 Å². The average Bonchev–Trinajstić information content (AvgIpc) is 3.04. The van der Waals surface area contributed by atoms with Crippen molar-refractivity contribution in [3.05, 3.63) is 58.8 Å². The first kappa shape index (κ1) is 18.5. The Labute approximate surface area is 173 Å². The van der Waals surface area contributed by atoms with E-state index in [1.807, 2.05) is 43.3 Å². The lowest BCUT2D eigenvalue weighted by molar-refractivity contribution is -0.114. The highest BCUT2D eigenvalue weighted by Gasteiger charge is 2.13. The molecule has 0 saturated heterocycles. The zero-order chi connectivity index (χ0) is 19.7. The number of thiazole rings is 1. The maximum atomic E-state index is 11.3. The second-order valence-electron chi connectivity index (χ2n) is 6.13. The van der Waals surface area contributed by atoms with Crippen LogP contribution in [-0.2, 0) is 4.79 Å². The van der Waals surface area contributed by atoms with E-state index in [-0.39, 0.29) is 5.91 Å². The Kier molecular flexibility index (Phi) is 5.06. The summed E-state index contributed by atoms with van der Waals surface area (Å²) < 4.78 is 7.87. The molecule has 140 valence electrons. The van der Waals surface area contributed by atoms with Crippen molar-refractivity contribution in [2.24, 2.45) is 0 Å². The zero-order valence-electron chi connectivity index (χ0n) is 15.1. The van der Waals surface area contributed by atoms with Gasteiger partial charge in [0.05, 0.1) is 10.4 Å². The van der Waals surface area contributed by atoms with Gasteiger partial charge in [-0.05, 0) is 30.7 Å². The first-order chi connectivity index (χ1) is 13.5. The third-order valence-corrected chi connectivity index (χ3v) is 5.51. The van der Waals surface area contributed by atoms with E-state index in [1.54, 1.807) is 6.07 Å². The van der Waals surface area contributed by atoms with Crippen molar-refractivity contribution in [3.8, 4) is 22.9 Å². The SMILES string of the molecule is CC(=O)Nc1nc2c(Oc3cc(-c4ccc(C)cc4Br)ncn3)cccc2s1. The summed E-state index contributed by atoms with van der Waals surface area (Å²) in [6.07, 6.45) is 1.47. The van der Waals surface area contributed by atoms with Gasteiger partial charge in [-0.25, -0.2) is 15.0 Å². The molecule has 0 aliphatic carbocycles. The van der Waals surface area contributed by atoms with Crippen LogP contribution >= 0.6 is 27.3 Å². The van der Waals surface area contributed by atoms with Crippen LogP contribution in [-0.4, -0.2) is 20.9 Å². The molecule has 4 aromatic rings. The van der Waals surface area contributed by atoms with Gasteiger partial charge in [-0.2, -0.15) is 0 Å². The molecule has 4 rings (SSSR count). The number of fused-ring (bicyclic) bond motifs is 1. The van der Waals surface area contributed by atoms with Crippen molar-refractivity contribution in [1.82, 2.24) is 15.0 Å². The van der Waals surface area contributed by atoms with Crippen LogP contribution in [0.3, 0.4) is 0 Å². The van der Waals surface area contributed by atoms with Crippen LogP contribution in [0.15, 0.2) is 53.3 Å². The summed E-state index contributed by atoms with van der Waals surface area (Å²) >= 11 is 4.98. The number of carbonyl (C=O) groups excluding carboxylic acids is 1. The van der Waals surface area contributed by atoms with Crippen molar-refractivity contribution in [2.45, 2.75) is 13.8 Å². The summed E-state index contributed by atoms with van der Waals surface area (Å²) in [5.41, 5.74) is 3.54. The number of para-hydroxylation sites is 1. The van der Waals surface area contributed by atoms with Crippen molar-refractivity contribution in [3.63, 3.8) is 0 Å². The van der Waals surface area contributed by atoms with Crippen LogP contribution in [0.4, 0.5) is 5.13 Å². The Morgan fingerprint density at radius 1 is 1.18 bits per heavy atom. The Hall–Kier alpha value is -2.84. The lowest BCUT2D eigenvalue weighted by atomic mass is 10.1. The smallest absolute Gasteiger partial charge is 0.223 e. The topological polar surface area (TPSA) is 77.0 Å². The monoisotopic (exact) mass is 454 g/mol. The van der Waals surface area contributed by atoms with Gasteiger partial charge >= 0.3 is 0 Å². The van der Waals surface area contributed by atoms with Crippen LogP contribution in [0.25, 0.3) is 21.5 Å². The number of ether oxygens (including phenoxy) is 1. The lowest BCUT2D eigenvalue weighted by Crippen LogP contribution is -2.04. The van der Waals surface area contributed by atoms with E-state index in [2.05, 4.69) is 36.2 Å². The van der Waals surface area contributed by atoms with Gasteiger partial charge in [0, 0.05) is 23.0 Å². The van der Waals surface area contributed by atoms with E-state index < -0.39 is 0 Å². The predicted octanol–water partition coefficient (Wildman–Crippen LogP) is 5.57. The summed E-state index contributed by atoms with van der Waals surface area (Å²) in [6.45, 7) is 3.49. The van der Waals surface area contributed by atoms with Crippen LogP contribution in [0.5, 0.6) is 11.6 Å². The highest BCUT2D eigenvalue weighted by atomic mass is 79.9. The molecule has 1 amide bonds. The summed E-state index contributed by atoms with van der Waals surface area (Å²) in [5.74, 6) is 0.822. The predicted molar refractivity (Wildman–Crippen MR) is 114 cm³/mol. The molecule has 0 fully saturated rings. The number of nitrogens with zero attached hydrogens (tertiary/aromatic N) is 3. The van der Waals surface area contributed by atoms with Crippen LogP contribution in [0, 0.1) is 6.92 Å². The molecule has 0 atom stereocenters. The quantitative estimate of drug-likeness (QED) is 0.435. The van der Waals surface area contributed by atoms with E-state index in [1.165, 1.54) is 24.6 Å². The molecule has 0 unspecified atom stereocenters. The minimum absolute atomic E-state index is 0.161. The molecule has 2 aromatic heterocycles. The Balaban J connectivity index is 1.68. The minimum atomic E-state index is -0.161. The number of aromatic nitrogens is 3. The molecule has 0 aliphatic heterocycles. The molecule has 0 spiro atoms. The first-order valence-corrected chi connectivity index (χ1v) is 10.0. The van der Waals surface area contributed by atoms with E-state index in [4.69, 9.17) is 4.74 Å². The average molecular weight is 455 g/mol. The normalized spacial score (nSPS) is 10.8. The molecule has 28 heavy (non-hydrogen) atoms. The first-order valence-electron chi connectivity index (χ1n) is 8.43. The van der Waals surface area contributed by atoms with Gasteiger partial charge in [-0.1, -0.05) is 45.5 Å². The molecule has 8 heteroatoms. The number of aryl methyl sites for hydroxylation is 1. The number of halogens is 1. The van der Waals surface area contributed by atoms with E-state index in [0.717, 1.165) is 26.0 Å². The Morgan fingerprint density at radius 3 is 2.82 bits per heavy atom. The second-order valence-corrected chi connectivity index (χ2v) is 8.01. The fraction of sp³-hybridized carbons (Fsp3) is 0.100. The molecule has 1 N–H and O–H groups in total. The maximum Gasteiger partial charge on any atom is 0.223 e. The molecule has 2 aromatic carbocycles. The lowest BCUT2D eigenvalue weighted by Gasteiger charge is -2.08. The van der Waals surface area contributed by atoms with Crippen LogP contribution < -0.4 is 10.1 Å². The highest BCUT2D eigenvalue weighted by Crippen LogP contribution is 2.35. The van der Waals surface area contributed by atoms with Crippen LogP contribution in [0.2, 0.25) is 0 Å². The molecule has 6 nitrogen and oxygen atoms in total. The number of hydrogen-bond acceptors (Lipinski definition) is 6. The fourth-order valence-electron chi connectivity index (χ4n) is 2.69. The fourth-order valence-corrected chi connectivity index (χ4v) is 4.32. The third kappa shape index (κ3) is 3.88. The second kappa shape index (κ2) is 7.65. The maximum absolute atomic E-state index is 11.3. The van der Waals surface area contributed by atoms with Gasteiger partial charge in [0.15, 0.2) is 10.9 Å². The number of hydrogen-bond donors (Lipinski definition) is 1. The number of carbonyl (C=O) groups is 1. The summed E-state index contributed by atoms with van der Waals surface area (Å²) in [5, 5.41) is 3.24. The number of nitrogens with one attached hydrogen (secondary N) is 1. The molecule has 2 heterocycles. The zero-order valence-corrected chi connectivity index (χ0v) is 17.5. The molecular weight excluding hydrogens is 440 g/mol. The van der Waals surface area contributed by atoms with Crippen molar-refractivity contribution in [1.29, 1.82) is 0 Å². The molecule has 0 radical (unpaired) electrons. The Morgan fingerprint density at radius 2 is 2.04 bits per heavy atom. The molecule has 0 saturated carbocycles. The van der Waals surface area contributed by atoms with Gasteiger partial charge in [0.1, 0.15) is 11.8 Å². The molecule has 0 bridgehead atoms. The van der Waals surface area contributed by atoms with Gasteiger partial charge in [0.25, 0.3) is 0 Å². The standard InChI is InChI=1S/C20H15BrN4O2S/c1-11-6-7-13(14(21)8-11)15-9-18(23-10-22-15)27-16-4-3-5-17-19(16)25-20(28-17)24-12(2)26/h3-10H,1-2H3,(H,24,25,26). The molecular formula is C20H15BrN4O2S. The highest BCUT2D eigenvalue weighted by molar-refractivity contribution is 9.10.